The monoisotopic (exact) mass is 729 g/mol. The van der Waals surface area contributed by atoms with Crippen molar-refractivity contribution >= 4 is 49.4 Å². The van der Waals surface area contributed by atoms with Crippen LogP contribution in [-0.4, -0.2) is 20.4 Å². The largest absolute Gasteiger partial charge is 0.337 e. The number of H-pyrrole nitrogens is 1. The van der Waals surface area contributed by atoms with E-state index in [1.54, 1.807) is 0 Å². The molecule has 0 saturated heterocycles. The molecule has 0 fully saturated rings. The Kier molecular flexibility index (Phi) is 6.48. The number of aromatic amines is 1. The molecule has 0 aliphatic heterocycles. The van der Waals surface area contributed by atoms with Gasteiger partial charge < -0.3 is 9.55 Å². The lowest BCUT2D eigenvalue weighted by molar-refractivity contribution is 0.660. The summed E-state index contributed by atoms with van der Waals surface area (Å²) in [4.78, 5) is 13.8. The molecule has 268 valence electrons. The molecule has 8 aromatic carbocycles. The molecule has 0 radical (unpaired) electrons. The predicted molar refractivity (Wildman–Crippen MR) is 234 cm³/mol. The molecular weight excluding hydrogens is 695 g/mol. The summed E-state index contributed by atoms with van der Waals surface area (Å²) in [6.07, 6.45) is 0. The van der Waals surface area contributed by atoms with Gasteiger partial charge in [-0.05, 0) is 97.7 Å². The normalized spacial score (nSPS) is 13.8. The molecule has 5 heteroatoms. The highest BCUT2D eigenvalue weighted by Crippen LogP contribution is 2.51. The van der Waals surface area contributed by atoms with Gasteiger partial charge in [0, 0.05) is 33.0 Å². The molecule has 2 heterocycles. The molecule has 0 unspecified atom stereocenters. The number of rotatable bonds is 3. The third-order valence-electron chi connectivity index (χ3n) is 12.4. The highest BCUT2D eigenvalue weighted by Gasteiger charge is 2.35. The average Bonchev–Trinajstić information content (AvgIpc) is 3.66. The third-order valence-corrected chi connectivity index (χ3v) is 12.4. The van der Waals surface area contributed by atoms with E-state index < -0.39 is 0 Å². The Morgan fingerprint density at radius 2 is 1.26 bits per heavy atom. The van der Waals surface area contributed by atoms with Gasteiger partial charge in [-0.15, -0.1) is 0 Å². The minimum Gasteiger partial charge on any atom is -0.337 e. The molecule has 2 N–H and O–H groups in total. The molecule has 2 aliphatic carbocycles. The number of para-hydroxylation sites is 2. The van der Waals surface area contributed by atoms with E-state index in [-0.39, 0.29) is 11.3 Å². The summed E-state index contributed by atoms with van der Waals surface area (Å²) in [5.41, 5.74) is 17.9. The van der Waals surface area contributed by atoms with E-state index in [0.29, 0.717) is 11.2 Å². The maximum atomic E-state index is 9.49. The van der Waals surface area contributed by atoms with Gasteiger partial charge in [-0.3, -0.25) is 5.41 Å². The molecular formula is C52H35N5. The van der Waals surface area contributed by atoms with Gasteiger partial charge >= 0.3 is 0 Å². The van der Waals surface area contributed by atoms with Crippen LogP contribution in [0.4, 0.5) is 0 Å². The van der Waals surface area contributed by atoms with E-state index in [4.69, 9.17) is 9.98 Å². The van der Waals surface area contributed by atoms with Crippen molar-refractivity contribution in [2.75, 3.05) is 0 Å². The summed E-state index contributed by atoms with van der Waals surface area (Å²) >= 11 is 0. The van der Waals surface area contributed by atoms with Crippen LogP contribution in [-0.2, 0) is 5.41 Å². The number of nitrogens with zero attached hydrogens (tertiary/aromatic N) is 3. The lowest BCUT2D eigenvalue weighted by Gasteiger charge is -2.21. The molecule has 2 aliphatic rings. The number of amidine groups is 1. The lowest BCUT2D eigenvalue weighted by Crippen LogP contribution is -2.17. The number of benzene rings is 8. The van der Waals surface area contributed by atoms with E-state index >= 15 is 0 Å². The fourth-order valence-corrected chi connectivity index (χ4v) is 9.76. The van der Waals surface area contributed by atoms with Crippen molar-refractivity contribution in [3.63, 3.8) is 0 Å². The Morgan fingerprint density at radius 3 is 2.12 bits per heavy atom. The van der Waals surface area contributed by atoms with E-state index in [0.717, 1.165) is 38.9 Å². The number of hydrogen-bond acceptors (Lipinski definition) is 2. The van der Waals surface area contributed by atoms with Gasteiger partial charge in [0.1, 0.15) is 5.69 Å². The summed E-state index contributed by atoms with van der Waals surface area (Å²) in [6, 6.07) is 58.1. The molecule has 0 spiro atoms. The molecule has 0 bridgehead atoms. The maximum absolute atomic E-state index is 9.49. The zero-order chi connectivity index (χ0) is 38.0. The van der Waals surface area contributed by atoms with E-state index in [1.807, 2.05) is 36.4 Å². The van der Waals surface area contributed by atoms with E-state index in [9.17, 15) is 5.41 Å². The van der Waals surface area contributed by atoms with E-state index in [1.165, 1.54) is 66.1 Å². The Bertz CT molecular complexity index is 3470. The first-order valence-corrected chi connectivity index (χ1v) is 19.5. The van der Waals surface area contributed by atoms with Crippen molar-refractivity contribution in [1.82, 2.24) is 14.5 Å². The molecule has 12 rings (SSSR count). The van der Waals surface area contributed by atoms with Gasteiger partial charge in [0.05, 0.1) is 22.1 Å². The second-order valence-corrected chi connectivity index (χ2v) is 15.8. The summed E-state index contributed by atoms with van der Waals surface area (Å²) in [6.45, 7) is 4.59. The van der Waals surface area contributed by atoms with Crippen molar-refractivity contribution in [3.8, 4) is 50.3 Å². The Labute approximate surface area is 328 Å². The van der Waals surface area contributed by atoms with Gasteiger partial charge in [-0.25, -0.2) is 9.98 Å². The van der Waals surface area contributed by atoms with Crippen LogP contribution in [0.25, 0.3) is 93.9 Å². The van der Waals surface area contributed by atoms with Crippen molar-refractivity contribution in [3.05, 3.63) is 186 Å². The Balaban J connectivity index is 1.04. The standard InChI is InChI=1S/C52H35N5/c1-52(2)40-20-6-5-17-36(40)39-29-31(24-26-41(39)52)49-51(55-43-22-8-7-21-42(43)54-49)56-50(53)32-13-9-14-33(28-32)57-44-23-11-19-38-35-16-4-3-15-34(35)37-18-10-12-30-25-27-45(57)48(46(30)37)47(38)44/h3-29H,1-2H3,(H2,53,55,56). The summed E-state index contributed by atoms with van der Waals surface area (Å²) in [5, 5.41) is 14.5. The fourth-order valence-electron chi connectivity index (χ4n) is 9.76. The van der Waals surface area contributed by atoms with Crippen molar-refractivity contribution < 1.29 is 0 Å². The van der Waals surface area contributed by atoms with E-state index in [2.05, 4.69) is 151 Å². The Hall–Kier alpha value is -7.37. The summed E-state index contributed by atoms with van der Waals surface area (Å²) in [7, 11) is 0. The first kappa shape index (κ1) is 31.9. The maximum Gasteiger partial charge on any atom is 0.159 e. The minimum atomic E-state index is -0.0947. The van der Waals surface area contributed by atoms with Crippen molar-refractivity contribution in [1.29, 1.82) is 5.41 Å². The highest BCUT2D eigenvalue weighted by atomic mass is 15.0. The van der Waals surface area contributed by atoms with Gasteiger partial charge in [0.25, 0.3) is 0 Å². The lowest BCUT2D eigenvalue weighted by atomic mass is 9.82. The van der Waals surface area contributed by atoms with Gasteiger partial charge in [-0.1, -0.05) is 135 Å². The van der Waals surface area contributed by atoms with Crippen LogP contribution in [0, 0.1) is 5.41 Å². The second-order valence-electron chi connectivity index (χ2n) is 15.8. The first-order valence-electron chi connectivity index (χ1n) is 19.5. The van der Waals surface area contributed by atoms with Crippen LogP contribution in [0.15, 0.2) is 169 Å². The fraction of sp³-hybridized carbons (Fsp3) is 0.0577. The zero-order valence-corrected chi connectivity index (χ0v) is 31.4. The topological polar surface area (TPSA) is 69.8 Å². The smallest absolute Gasteiger partial charge is 0.159 e. The summed E-state index contributed by atoms with van der Waals surface area (Å²) in [5.74, 6) is 0.156. The van der Waals surface area contributed by atoms with Crippen LogP contribution >= 0.6 is 0 Å². The Morgan fingerprint density at radius 1 is 0.579 bits per heavy atom. The van der Waals surface area contributed by atoms with Crippen LogP contribution < -0.4 is 5.49 Å². The quantitative estimate of drug-likeness (QED) is 0.138. The van der Waals surface area contributed by atoms with Crippen LogP contribution in [0.1, 0.15) is 30.5 Å². The SMILES string of the molecule is CC1(C)c2ccccc2-c2cc(-c3nc4ccccc4[nH]c3=NC(=N)c3cccc(-n4c5cccc6c5c5c7c(cccc7ccc54)-c4ccccc4-6)c3)ccc21. The van der Waals surface area contributed by atoms with Crippen LogP contribution in [0.5, 0.6) is 0 Å². The second kappa shape index (κ2) is 11.6. The molecule has 0 atom stereocenters. The zero-order valence-electron chi connectivity index (χ0n) is 31.4. The molecule has 5 nitrogen and oxygen atoms in total. The number of hydrogen-bond donors (Lipinski definition) is 2. The van der Waals surface area contributed by atoms with Crippen molar-refractivity contribution in [2.45, 2.75) is 19.3 Å². The molecule has 0 saturated carbocycles. The average molecular weight is 730 g/mol. The van der Waals surface area contributed by atoms with Gasteiger partial charge in [-0.2, -0.15) is 0 Å². The van der Waals surface area contributed by atoms with Crippen LogP contribution in [0.3, 0.4) is 0 Å². The van der Waals surface area contributed by atoms with Crippen LogP contribution in [0.2, 0.25) is 0 Å². The summed E-state index contributed by atoms with van der Waals surface area (Å²) < 4.78 is 2.36. The van der Waals surface area contributed by atoms with Crippen molar-refractivity contribution in [2.24, 2.45) is 4.99 Å². The number of fused-ring (bicyclic) bond motifs is 7. The number of nitrogens with one attached hydrogen (secondary N) is 2. The molecule has 57 heavy (non-hydrogen) atoms. The molecule has 2 aromatic heterocycles. The van der Waals surface area contributed by atoms with Gasteiger partial charge in [0.2, 0.25) is 0 Å². The minimum absolute atomic E-state index is 0.0947. The first-order chi connectivity index (χ1) is 27.9. The third kappa shape index (κ3) is 4.48. The van der Waals surface area contributed by atoms with Gasteiger partial charge in [0.15, 0.2) is 11.3 Å². The molecule has 10 aromatic rings. The predicted octanol–water partition coefficient (Wildman–Crippen LogP) is 12.4. The highest BCUT2D eigenvalue weighted by molar-refractivity contribution is 6.30. The molecule has 0 amide bonds. The number of aromatic nitrogens is 3.